The van der Waals surface area contributed by atoms with Crippen molar-refractivity contribution in [2.75, 3.05) is 0 Å². The number of hydrogen-bond donors (Lipinski definition) is 0. The molecule has 3 nitrogen and oxygen atoms in total. The molecule has 29 valence electrons. The Bertz CT molecular complexity index is 15.5. The molecule has 0 aliphatic heterocycles. The molecule has 0 aromatic rings. The van der Waals surface area contributed by atoms with Crippen LogP contribution in [0, 0.1) is 0 Å². The van der Waals surface area contributed by atoms with Gasteiger partial charge in [-0.3, -0.25) is 7.32 Å². The van der Waals surface area contributed by atoms with Crippen LogP contribution in [0.5, 0.6) is 0 Å². The van der Waals surface area contributed by atoms with Gasteiger partial charge in [-0.05, 0) is 0 Å². The van der Waals surface area contributed by atoms with Gasteiger partial charge in [-0.1, -0.05) is 0 Å². The average Bonchev–Trinajstić information content (AvgIpc) is 0.811. The maximum absolute atomic E-state index is 8.42. The summed E-state index contributed by atoms with van der Waals surface area (Å²) < 4.78 is 0. The molecule has 0 fully saturated rings. The summed E-state index contributed by atoms with van der Waals surface area (Å²) in [7, 11) is -2.92. The van der Waals surface area contributed by atoms with E-state index in [1.165, 1.54) is 0 Å². The number of hydrogen-bond acceptors (Lipinski definition) is 3. The standard InChI is InChI=1S/BO3.Mg.Mn/c2-1(3)4;;/q-3;2*+2. The number of rotatable bonds is 0. The molecule has 0 N–H and O–H groups in total. The molecule has 0 atom stereocenters. The van der Waals surface area contributed by atoms with Gasteiger partial charge in [0, 0.05) is 0 Å². The fourth-order valence-corrected chi connectivity index (χ4v) is 0. The average molecular weight is 138 g/mol. The molecular formula is BMgMnO3+. The van der Waals surface area contributed by atoms with E-state index in [1.807, 2.05) is 0 Å². The van der Waals surface area contributed by atoms with Crippen LogP contribution >= 0.6 is 0 Å². The van der Waals surface area contributed by atoms with Gasteiger partial charge < -0.3 is 15.1 Å². The zero-order valence-electron chi connectivity index (χ0n) is 2.89. The molecule has 0 aromatic carbocycles. The summed E-state index contributed by atoms with van der Waals surface area (Å²) in [6.07, 6.45) is 0. The van der Waals surface area contributed by atoms with Crippen molar-refractivity contribution in [3.05, 3.63) is 0 Å². The molecule has 0 bridgehead atoms. The van der Waals surface area contributed by atoms with Crippen LogP contribution in [0.1, 0.15) is 0 Å². The smallest absolute Gasteiger partial charge is 0.907 e. The minimum atomic E-state index is -2.92. The van der Waals surface area contributed by atoms with E-state index in [2.05, 4.69) is 0 Å². The second-order valence-corrected chi connectivity index (χ2v) is 0.289. The third-order valence-electron chi connectivity index (χ3n) is 0. The summed E-state index contributed by atoms with van der Waals surface area (Å²) in [5.74, 6) is 0. The Labute approximate surface area is 62.6 Å². The van der Waals surface area contributed by atoms with Gasteiger partial charge in [-0.2, -0.15) is 0 Å². The molecule has 0 unspecified atom stereocenters. The molecule has 0 saturated heterocycles. The van der Waals surface area contributed by atoms with Crippen LogP contribution in [-0.4, -0.2) is 30.4 Å². The van der Waals surface area contributed by atoms with Crippen LogP contribution in [0.15, 0.2) is 0 Å². The van der Waals surface area contributed by atoms with Gasteiger partial charge in [-0.15, -0.1) is 0 Å². The van der Waals surface area contributed by atoms with Gasteiger partial charge in [0.2, 0.25) is 0 Å². The van der Waals surface area contributed by atoms with E-state index in [-0.39, 0.29) is 40.1 Å². The molecule has 0 amide bonds. The van der Waals surface area contributed by atoms with Gasteiger partial charge in [0.15, 0.2) is 0 Å². The van der Waals surface area contributed by atoms with Crippen molar-refractivity contribution in [3.63, 3.8) is 0 Å². The fraction of sp³-hybridized carbons (Fsp3) is 0. The normalized spacial score (nSPS) is 4.50. The zero-order valence-corrected chi connectivity index (χ0v) is 5.48. The van der Waals surface area contributed by atoms with Crippen molar-refractivity contribution < 1.29 is 32.1 Å². The first-order valence-corrected chi connectivity index (χ1v) is 0.707. The van der Waals surface area contributed by atoms with Crippen LogP contribution in [-0.2, 0) is 17.1 Å². The molecule has 0 rings (SSSR count). The first-order chi connectivity index (χ1) is 1.73. The quantitative estimate of drug-likeness (QED) is 0.318. The van der Waals surface area contributed by atoms with Gasteiger partial charge in [-0.25, -0.2) is 0 Å². The predicted octanol–water partition coefficient (Wildman–Crippen LogP) is -4.33. The maximum Gasteiger partial charge on any atom is 2.00 e. The van der Waals surface area contributed by atoms with E-state index in [4.69, 9.17) is 15.1 Å². The van der Waals surface area contributed by atoms with Crippen LogP contribution in [0.3, 0.4) is 0 Å². The molecule has 0 heterocycles. The molecule has 1 radical (unpaired) electrons. The molecule has 0 saturated carbocycles. The second kappa shape index (κ2) is 9.52. The van der Waals surface area contributed by atoms with Crippen molar-refractivity contribution in [1.82, 2.24) is 0 Å². The van der Waals surface area contributed by atoms with Crippen molar-refractivity contribution in [3.8, 4) is 0 Å². The third kappa shape index (κ3) is 61.8. The minimum absolute atomic E-state index is 0. The zero-order chi connectivity index (χ0) is 3.58. The Morgan fingerprint density at radius 3 is 1.00 bits per heavy atom. The Hall–Kier alpha value is 1.23. The van der Waals surface area contributed by atoms with Gasteiger partial charge in [0.05, 0.1) is 0 Å². The van der Waals surface area contributed by atoms with Gasteiger partial charge in [0.1, 0.15) is 0 Å². The fourth-order valence-electron chi connectivity index (χ4n) is 0. The Balaban J connectivity index is -0.0000000450. The SMILES string of the molecule is [Mg+2].[Mn+2].[O-]B([O-])[O-]. The summed E-state index contributed by atoms with van der Waals surface area (Å²) in [5.41, 5.74) is 0. The van der Waals surface area contributed by atoms with E-state index in [0.29, 0.717) is 0 Å². The third-order valence-corrected chi connectivity index (χ3v) is 0. The van der Waals surface area contributed by atoms with Crippen LogP contribution in [0.4, 0.5) is 0 Å². The molecule has 0 spiro atoms. The minimum Gasteiger partial charge on any atom is -0.907 e. The molecule has 6 heavy (non-hydrogen) atoms. The monoisotopic (exact) mass is 138 g/mol. The molecular weight excluding hydrogens is 138 g/mol. The second-order valence-electron chi connectivity index (χ2n) is 0.289. The molecule has 0 aliphatic rings. The summed E-state index contributed by atoms with van der Waals surface area (Å²) in [5, 5.41) is 25.2. The first kappa shape index (κ1) is 15.7. The summed E-state index contributed by atoms with van der Waals surface area (Å²) >= 11 is 0. The maximum atomic E-state index is 8.42. The molecule has 0 aliphatic carbocycles. The van der Waals surface area contributed by atoms with Gasteiger partial charge >= 0.3 is 40.1 Å². The Kier molecular flexibility index (Phi) is 24.9. The van der Waals surface area contributed by atoms with Crippen LogP contribution in [0.25, 0.3) is 0 Å². The Morgan fingerprint density at radius 1 is 1.00 bits per heavy atom. The van der Waals surface area contributed by atoms with E-state index in [0.717, 1.165) is 0 Å². The van der Waals surface area contributed by atoms with E-state index >= 15 is 0 Å². The van der Waals surface area contributed by atoms with Crippen molar-refractivity contribution in [1.29, 1.82) is 0 Å². The van der Waals surface area contributed by atoms with E-state index in [9.17, 15) is 0 Å². The van der Waals surface area contributed by atoms with Crippen LogP contribution in [0.2, 0.25) is 0 Å². The van der Waals surface area contributed by atoms with Gasteiger partial charge in [0.25, 0.3) is 0 Å². The van der Waals surface area contributed by atoms with Crippen molar-refractivity contribution >= 4 is 30.4 Å². The summed E-state index contributed by atoms with van der Waals surface area (Å²) in [6, 6.07) is 0. The van der Waals surface area contributed by atoms with Crippen molar-refractivity contribution in [2.45, 2.75) is 0 Å². The predicted molar refractivity (Wildman–Crippen MR) is 11.5 cm³/mol. The van der Waals surface area contributed by atoms with Crippen LogP contribution < -0.4 is 15.1 Å². The molecule has 6 heteroatoms. The van der Waals surface area contributed by atoms with Crippen molar-refractivity contribution in [2.24, 2.45) is 0 Å². The molecule has 0 aromatic heterocycles. The summed E-state index contributed by atoms with van der Waals surface area (Å²) in [4.78, 5) is 0. The largest absolute Gasteiger partial charge is 2.00 e. The topological polar surface area (TPSA) is 69.2 Å². The Morgan fingerprint density at radius 2 is 1.00 bits per heavy atom. The summed E-state index contributed by atoms with van der Waals surface area (Å²) in [6.45, 7) is 0. The van der Waals surface area contributed by atoms with E-state index in [1.54, 1.807) is 0 Å². The van der Waals surface area contributed by atoms with E-state index < -0.39 is 7.32 Å². The first-order valence-electron chi connectivity index (χ1n) is 0.707.